The van der Waals surface area contributed by atoms with Gasteiger partial charge in [-0.1, -0.05) is 11.6 Å². The molecule has 0 saturated carbocycles. The molecule has 0 spiro atoms. The molecule has 100 valence electrons. The number of nitrogens with two attached hydrogens (primary N) is 1. The van der Waals surface area contributed by atoms with Crippen molar-refractivity contribution < 1.29 is 9.47 Å². The standard InChI is InChI=1S/C11H10BrClN4O2/c1-18-6-2-3-9(7(12)4-6)19-10-8(13)5-15-11(16-10)17-14/h2-5H,14H2,1H3,(H,15,16,17). The van der Waals surface area contributed by atoms with Gasteiger partial charge in [-0.2, -0.15) is 4.98 Å². The Morgan fingerprint density at radius 2 is 2.21 bits per heavy atom. The number of nitrogens with zero attached hydrogens (tertiary/aromatic N) is 2. The molecule has 0 fully saturated rings. The molecule has 19 heavy (non-hydrogen) atoms. The zero-order valence-electron chi connectivity index (χ0n) is 9.85. The van der Waals surface area contributed by atoms with E-state index in [1.54, 1.807) is 25.3 Å². The van der Waals surface area contributed by atoms with Crippen molar-refractivity contribution in [1.29, 1.82) is 0 Å². The third-order valence-electron chi connectivity index (χ3n) is 2.19. The fourth-order valence-electron chi connectivity index (χ4n) is 1.29. The molecule has 0 aliphatic rings. The third kappa shape index (κ3) is 3.25. The molecule has 0 radical (unpaired) electrons. The fourth-order valence-corrected chi connectivity index (χ4v) is 1.86. The second-order valence-electron chi connectivity index (χ2n) is 3.39. The van der Waals surface area contributed by atoms with Crippen LogP contribution in [0.25, 0.3) is 0 Å². The van der Waals surface area contributed by atoms with Crippen LogP contribution in [-0.2, 0) is 0 Å². The molecule has 2 rings (SSSR count). The SMILES string of the molecule is COc1ccc(Oc2nc(NN)ncc2Cl)c(Br)c1. The van der Waals surface area contributed by atoms with E-state index in [1.807, 2.05) is 0 Å². The number of nitrogen functional groups attached to an aromatic ring is 1. The second kappa shape index (κ2) is 6.05. The van der Waals surface area contributed by atoms with Crippen molar-refractivity contribution in [1.82, 2.24) is 9.97 Å². The van der Waals surface area contributed by atoms with Crippen LogP contribution in [0.2, 0.25) is 5.02 Å². The molecular formula is C11H10BrClN4O2. The zero-order chi connectivity index (χ0) is 13.8. The summed E-state index contributed by atoms with van der Waals surface area (Å²) in [5.74, 6) is 6.90. The minimum atomic E-state index is 0.204. The fraction of sp³-hybridized carbons (Fsp3) is 0.0909. The maximum atomic E-state index is 5.96. The summed E-state index contributed by atoms with van der Waals surface area (Å²) in [5.41, 5.74) is 2.32. The molecule has 8 heteroatoms. The van der Waals surface area contributed by atoms with Gasteiger partial charge in [-0.15, -0.1) is 0 Å². The summed E-state index contributed by atoms with van der Waals surface area (Å²) in [5, 5.41) is 0.279. The van der Waals surface area contributed by atoms with Gasteiger partial charge in [0.25, 0.3) is 0 Å². The molecule has 0 unspecified atom stereocenters. The number of anilines is 1. The number of hydrazine groups is 1. The first-order chi connectivity index (χ1) is 9.13. The Bertz CT molecular complexity index is 597. The van der Waals surface area contributed by atoms with Crippen molar-refractivity contribution in [2.24, 2.45) is 5.84 Å². The first kappa shape index (κ1) is 13.9. The average molecular weight is 346 g/mol. The van der Waals surface area contributed by atoms with Gasteiger partial charge in [0.05, 0.1) is 17.8 Å². The van der Waals surface area contributed by atoms with Gasteiger partial charge in [0.1, 0.15) is 16.5 Å². The molecule has 0 bridgehead atoms. The largest absolute Gasteiger partial charge is 0.497 e. The second-order valence-corrected chi connectivity index (χ2v) is 4.65. The van der Waals surface area contributed by atoms with E-state index in [2.05, 4.69) is 31.3 Å². The molecule has 0 saturated heterocycles. The van der Waals surface area contributed by atoms with E-state index in [1.165, 1.54) is 6.20 Å². The Labute approximate surface area is 123 Å². The maximum absolute atomic E-state index is 5.96. The average Bonchev–Trinajstić information content (AvgIpc) is 2.43. The summed E-state index contributed by atoms with van der Waals surface area (Å²) in [6, 6.07) is 5.26. The molecule has 1 aromatic carbocycles. The monoisotopic (exact) mass is 344 g/mol. The van der Waals surface area contributed by atoms with Crippen molar-refractivity contribution in [2.75, 3.05) is 12.5 Å². The van der Waals surface area contributed by atoms with Crippen LogP contribution in [-0.4, -0.2) is 17.1 Å². The van der Waals surface area contributed by atoms with Crippen LogP contribution in [0, 0.1) is 0 Å². The van der Waals surface area contributed by atoms with Crippen molar-refractivity contribution in [3.05, 3.63) is 33.9 Å². The van der Waals surface area contributed by atoms with E-state index in [9.17, 15) is 0 Å². The van der Waals surface area contributed by atoms with Crippen molar-refractivity contribution in [3.8, 4) is 17.4 Å². The summed E-state index contributed by atoms with van der Waals surface area (Å²) in [6.45, 7) is 0. The predicted octanol–water partition coefficient (Wildman–Crippen LogP) is 2.98. The molecule has 2 aromatic rings. The Morgan fingerprint density at radius 3 is 2.84 bits per heavy atom. The first-order valence-electron chi connectivity index (χ1n) is 5.14. The number of rotatable bonds is 4. The summed E-state index contributed by atoms with van der Waals surface area (Å²) in [4.78, 5) is 7.87. The Balaban J connectivity index is 2.30. The van der Waals surface area contributed by atoms with Gasteiger partial charge in [0.15, 0.2) is 0 Å². The van der Waals surface area contributed by atoms with Crippen LogP contribution in [0.3, 0.4) is 0 Å². The molecule has 3 N–H and O–H groups in total. The quantitative estimate of drug-likeness (QED) is 0.655. The van der Waals surface area contributed by atoms with Crippen LogP contribution in [0.15, 0.2) is 28.9 Å². The van der Waals surface area contributed by atoms with Crippen molar-refractivity contribution in [2.45, 2.75) is 0 Å². The maximum Gasteiger partial charge on any atom is 0.243 e. The van der Waals surface area contributed by atoms with Crippen molar-refractivity contribution >= 4 is 33.5 Å². The lowest BCUT2D eigenvalue weighted by atomic mass is 10.3. The topological polar surface area (TPSA) is 82.3 Å². The van der Waals surface area contributed by atoms with E-state index in [-0.39, 0.29) is 16.9 Å². The minimum Gasteiger partial charge on any atom is -0.497 e. The van der Waals surface area contributed by atoms with Crippen LogP contribution in [0.1, 0.15) is 0 Å². The third-order valence-corrected chi connectivity index (χ3v) is 3.07. The minimum absolute atomic E-state index is 0.204. The number of hydrogen-bond donors (Lipinski definition) is 2. The van der Waals surface area contributed by atoms with E-state index < -0.39 is 0 Å². The lowest BCUT2D eigenvalue weighted by Gasteiger charge is -2.10. The van der Waals surface area contributed by atoms with Gasteiger partial charge in [-0.25, -0.2) is 10.8 Å². The molecular weight excluding hydrogens is 336 g/mol. The lowest BCUT2D eigenvalue weighted by Crippen LogP contribution is -2.10. The highest BCUT2D eigenvalue weighted by Gasteiger charge is 2.10. The number of methoxy groups -OCH3 is 1. The van der Waals surface area contributed by atoms with Crippen molar-refractivity contribution in [3.63, 3.8) is 0 Å². The zero-order valence-corrected chi connectivity index (χ0v) is 12.2. The van der Waals surface area contributed by atoms with Crippen LogP contribution < -0.4 is 20.7 Å². The van der Waals surface area contributed by atoms with Gasteiger partial charge < -0.3 is 9.47 Å². The van der Waals surface area contributed by atoms with E-state index >= 15 is 0 Å². The Kier molecular flexibility index (Phi) is 4.41. The highest BCUT2D eigenvalue weighted by Crippen LogP contribution is 2.34. The summed E-state index contributed by atoms with van der Waals surface area (Å²) < 4.78 is 11.4. The van der Waals surface area contributed by atoms with Crippen LogP contribution in [0.4, 0.5) is 5.95 Å². The number of halogens is 2. The predicted molar refractivity (Wildman–Crippen MR) is 75.6 cm³/mol. The van der Waals surface area contributed by atoms with E-state index in [0.29, 0.717) is 16.0 Å². The van der Waals surface area contributed by atoms with Gasteiger partial charge in [0.2, 0.25) is 11.8 Å². The smallest absolute Gasteiger partial charge is 0.243 e. The molecule has 1 heterocycles. The lowest BCUT2D eigenvalue weighted by molar-refractivity contribution is 0.411. The first-order valence-corrected chi connectivity index (χ1v) is 6.31. The highest BCUT2D eigenvalue weighted by molar-refractivity contribution is 9.10. The number of hydrogen-bond acceptors (Lipinski definition) is 6. The van der Waals surface area contributed by atoms with E-state index in [4.69, 9.17) is 26.9 Å². The number of aromatic nitrogens is 2. The molecule has 0 amide bonds. The normalized spacial score (nSPS) is 10.1. The molecule has 0 aliphatic heterocycles. The number of nitrogens with one attached hydrogen (secondary N) is 1. The Hall–Kier alpha value is -1.57. The molecule has 6 nitrogen and oxygen atoms in total. The van der Waals surface area contributed by atoms with Gasteiger partial charge >= 0.3 is 0 Å². The Morgan fingerprint density at radius 1 is 1.42 bits per heavy atom. The highest BCUT2D eigenvalue weighted by atomic mass is 79.9. The van der Waals surface area contributed by atoms with Gasteiger partial charge in [0, 0.05) is 0 Å². The van der Waals surface area contributed by atoms with Crippen LogP contribution >= 0.6 is 27.5 Å². The molecule has 0 aliphatic carbocycles. The van der Waals surface area contributed by atoms with E-state index in [0.717, 1.165) is 0 Å². The van der Waals surface area contributed by atoms with Crippen LogP contribution in [0.5, 0.6) is 17.4 Å². The molecule has 0 atom stereocenters. The summed E-state index contributed by atoms with van der Waals surface area (Å²) in [6.07, 6.45) is 1.40. The molecule has 1 aromatic heterocycles. The summed E-state index contributed by atoms with van der Waals surface area (Å²) in [7, 11) is 1.59. The number of benzene rings is 1. The van der Waals surface area contributed by atoms with Gasteiger partial charge in [-0.05, 0) is 34.1 Å². The van der Waals surface area contributed by atoms with Gasteiger partial charge in [-0.3, -0.25) is 5.43 Å². The summed E-state index contributed by atoms with van der Waals surface area (Å²) >= 11 is 9.33. The number of ether oxygens (including phenoxy) is 2.